The highest BCUT2D eigenvalue weighted by Gasteiger charge is 2.15. The zero-order valence-electron chi connectivity index (χ0n) is 10.7. The standard InChI is InChI=1S/C14H10ClNO5/c15-10-2-4-11(5-3-10)21-13-6-1-9(8-16(19)20)7-12(13)14(17)18/h1-7H,8H2,(H,17,18). The molecule has 0 radical (unpaired) electrons. The molecule has 7 heteroatoms. The van der Waals surface area contributed by atoms with E-state index in [4.69, 9.17) is 16.3 Å². The van der Waals surface area contributed by atoms with Gasteiger partial charge < -0.3 is 9.84 Å². The van der Waals surface area contributed by atoms with Crippen molar-refractivity contribution >= 4 is 17.6 Å². The van der Waals surface area contributed by atoms with Crippen LogP contribution in [0.4, 0.5) is 0 Å². The van der Waals surface area contributed by atoms with E-state index >= 15 is 0 Å². The van der Waals surface area contributed by atoms with E-state index in [2.05, 4.69) is 0 Å². The zero-order chi connectivity index (χ0) is 15.4. The minimum absolute atomic E-state index is 0.108. The highest BCUT2D eigenvalue weighted by atomic mass is 35.5. The second-order valence-electron chi connectivity index (χ2n) is 4.18. The summed E-state index contributed by atoms with van der Waals surface area (Å²) in [5.41, 5.74) is 0.158. The lowest BCUT2D eigenvalue weighted by Crippen LogP contribution is -2.04. The summed E-state index contributed by atoms with van der Waals surface area (Å²) >= 11 is 5.75. The predicted molar refractivity (Wildman–Crippen MR) is 75.6 cm³/mol. The fraction of sp³-hybridized carbons (Fsp3) is 0.0714. The molecule has 6 nitrogen and oxygen atoms in total. The lowest BCUT2D eigenvalue weighted by atomic mass is 10.1. The number of hydrogen-bond acceptors (Lipinski definition) is 4. The van der Waals surface area contributed by atoms with E-state index < -0.39 is 17.4 Å². The lowest BCUT2D eigenvalue weighted by molar-refractivity contribution is -0.496. The summed E-state index contributed by atoms with van der Waals surface area (Å²) in [4.78, 5) is 21.2. The van der Waals surface area contributed by atoms with Gasteiger partial charge in [0, 0.05) is 15.5 Å². The third kappa shape index (κ3) is 3.93. The van der Waals surface area contributed by atoms with Gasteiger partial charge in [-0.1, -0.05) is 11.6 Å². The fourth-order valence-electron chi connectivity index (χ4n) is 1.71. The molecule has 0 bridgehead atoms. The molecule has 0 atom stereocenters. The van der Waals surface area contributed by atoms with Crippen LogP contribution >= 0.6 is 11.6 Å². The summed E-state index contributed by atoms with van der Waals surface area (Å²) in [5, 5.41) is 20.2. The Kier molecular flexibility index (Phi) is 4.39. The van der Waals surface area contributed by atoms with Gasteiger partial charge in [0.15, 0.2) is 0 Å². The Labute approximate surface area is 124 Å². The van der Waals surface area contributed by atoms with Crippen LogP contribution < -0.4 is 4.74 Å². The van der Waals surface area contributed by atoms with Crippen LogP contribution in [0.1, 0.15) is 15.9 Å². The molecular weight excluding hydrogens is 298 g/mol. The lowest BCUT2D eigenvalue weighted by Gasteiger charge is -2.09. The van der Waals surface area contributed by atoms with E-state index in [1.165, 1.54) is 18.2 Å². The first-order valence-electron chi connectivity index (χ1n) is 5.87. The van der Waals surface area contributed by atoms with Gasteiger partial charge in [-0.15, -0.1) is 0 Å². The van der Waals surface area contributed by atoms with Gasteiger partial charge in [-0.3, -0.25) is 10.1 Å². The van der Waals surface area contributed by atoms with Crippen LogP contribution in [0.3, 0.4) is 0 Å². The molecule has 0 aliphatic heterocycles. The summed E-state index contributed by atoms with van der Waals surface area (Å²) in [6.45, 7) is -0.443. The van der Waals surface area contributed by atoms with Gasteiger partial charge in [-0.25, -0.2) is 4.79 Å². The second kappa shape index (κ2) is 6.23. The first-order chi connectivity index (χ1) is 9.95. The summed E-state index contributed by atoms with van der Waals surface area (Å²) in [7, 11) is 0. The van der Waals surface area contributed by atoms with Gasteiger partial charge in [0.05, 0.1) is 0 Å². The Hall–Kier alpha value is -2.60. The van der Waals surface area contributed by atoms with E-state index in [9.17, 15) is 20.0 Å². The van der Waals surface area contributed by atoms with Gasteiger partial charge in [0.2, 0.25) is 6.54 Å². The smallest absolute Gasteiger partial charge is 0.339 e. The normalized spacial score (nSPS) is 10.1. The number of ether oxygens (including phenoxy) is 1. The van der Waals surface area contributed by atoms with E-state index in [0.29, 0.717) is 16.3 Å². The molecule has 0 spiro atoms. The molecule has 0 saturated carbocycles. The number of rotatable bonds is 5. The molecule has 2 aromatic rings. The van der Waals surface area contributed by atoms with Crippen LogP contribution in [0.2, 0.25) is 5.02 Å². The third-order valence-electron chi connectivity index (χ3n) is 2.63. The molecule has 0 saturated heterocycles. The van der Waals surface area contributed by atoms with E-state index in [1.807, 2.05) is 0 Å². The Morgan fingerprint density at radius 3 is 2.48 bits per heavy atom. The SMILES string of the molecule is O=C(O)c1cc(C[N+](=O)[O-])ccc1Oc1ccc(Cl)cc1. The molecule has 0 aromatic heterocycles. The Morgan fingerprint density at radius 1 is 1.24 bits per heavy atom. The maximum absolute atomic E-state index is 11.2. The van der Waals surface area contributed by atoms with Gasteiger partial charge in [0.1, 0.15) is 17.1 Å². The molecule has 0 amide bonds. The molecule has 2 aromatic carbocycles. The topological polar surface area (TPSA) is 89.7 Å². The van der Waals surface area contributed by atoms with Gasteiger partial charge in [-0.2, -0.15) is 0 Å². The van der Waals surface area contributed by atoms with Crippen LogP contribution in [0.25, 0.3) is 0 Å². The molecule has 0 unspecified atom stereocenters. The number of hydrogen-bond donors (Lipinski definition) is 1. The average Bonchev–Trinajstić information content (AvgIpc) is 2.42. The Bertz CT molecular complexity index is 684. The maximum atomic E-state index is 11.2. The highest BCUT2D eigenvalue weighted by molar-refractivity contribution is 6.30. The van der Waals surface area contributed by atoms with Crippen molar-refractivity contribution in [3.8, 4) is 11.5 Å². The van der Waals surface area contributed by atoms with E-state index in [0.717, 1.165) is 0 Å². The highest BCUT2D eigenvalue weighted by Crippen LogP contribution is 2.27. The zero-order valence-corrected chi connectivity index (χ0v) is 11.4. The van der Waals surface area contributed by atoms with Crippen LogP contribution in [0.5, 0.6) is 11.5 Å². The molecule has 108 valence electrons. The molecule has 0 aliphatic rings. The summed E-state index contributed by atoms with van der Waals surface area (Å²) in [5.74, 6) is -0.690. The van der Waals surface area contributed by atoms with Crippen molar-refractivity contribution < 1.29 is 19.6 Å². The minimum Gasteiger partial charge on any atom is -0.478 e. The maximum Gasteiger partial charge on any atom is 0.339 e. The van der Waals surface area contributed by atoms with Crippen molar-refractivity contribution in [3.63, 3.8) is 0 Å². The second-order valence-corrected chi connectivity index (χ2v) is 4.62. The minimum atomic E-state index is -1.22. The number of carboxylic acids is 1. The van der Waals surface area contributed by atoms with E-state index in [1.54, 1.807) is 24.3 Å². The summed E-state index contributed by atoms with van der Waals surface area (Å²) in [6.07, 6.45) is 0. The molecule has 0 fully saturated rings. The van der Waals surface area contributed by atoms with Crippen molar-refractivity contribution in [2.45, 2.75) is 6.54 Å². The van der Waals surface area contributed by atoms with Crippen LogP contribution in [-0.4, -0.2) is 16.0 Å². The van der Waals surface area contributed by atoms with Crippen molar-refractivity contribution in [2.24, 2.45) is 0 Å². The monoisotopic (exact) mass is 307 g/mol. The summed E-state index contributed by atoms with van der Waals surface area (Å²) in [6, 6.07) is 10.5. The summed E-state index contributed by atoms with van der Waals surface area (Å²) < 4.78 is 5.48. The number of benzene rings is 2. The average molecular weight is 308 g/mol. The number of halogens is 1. The number of carboxylic acid groups (broad SMARTS) is 1. The van der Waals surface area contributed by atoms with Gasteiger partial charge >= 0.3 is 5.97 Å². The molecule has 1 N–H and O–H groups in total. The van der Waals surface area contributed by atoms with Crippen molar-refractivity contribution in [2.75, 3.05) is 0 Å². The van der Waals surface area contributed by atoms with Crippen LogP contribution in [-0.2, 0) is 6.54 Å². The quantitative estimate of drug-likeness (QED) is 0.673. The molecular formula is C14H10ClNO5. The largest absolute Gasteiger partial charge is 0.478 e. The van der Waals surface area contributed by atoms with Gasteiger partial charge in [0.25, 0.3) is 0 Å². The first kappa shape index (κ1) is 14.8. The fourth-order valence-corrected chi connectivity index (χ4v) is 1.84. The molecule has 21 heavy (non-hydrogen) atoms. The Balaban J connectivity index is 2.32. The predicted octanol–water partition coefficient (Wildman–Crippen LogP) is 3.61. The Morgan fingerprint density at radius 2 is 1.90 bits per heavy atom. The van der Waals surface area contributed by atoms with Crippen molar-refractivity contribution in [3.05, 3.63) is 68.7 Å². The van der Waals surface area contributed by atoms with Crippen molar-refractivity contribution in [1.82, 2.24) is 0 Å². The van der Waals surface area contributed by atoms with Crippen LogP contribution in [0.15, 0.2) is 42.5 Å². The number of carbonyl (C=O) groups is 1. The number of aromatic carboxylic acids is 1. The van der Waals surface area contributed by atoms with Gasteiger partial charge in [-0.05, 0) is 42.5 Å². The first-order valence-corrected chi connectivity index (χ1v) is 6.25. The molecule has 0 aliphatic carbocycles. The third-order valence-corrected chi connectivity index (χ3v) is 2.88. The number of nitro groups is 1. The number of nitrogens with zero attached hydrogens (tertiary/aromatic N) is 1. The van der Waals surface area contributed by atoms with Crippen molar-refractivity contribution in [1.29, 1.82) is 0 Å². The van der Waals surface area contributed by atoms with Crippen LogP contribution in [0, 0.1) is 10.1 Å². The van der Waals surface area contributed by atoms with E-state index in [-0.39, 0.29) is 11.3 Å². The molecule has 0 heterocycles. The molecule has 2 rings (SSSR count).